The van der Waals surface area contributed by atoms with E-state index in [0.717, 1.165) is 61.1 Å². The number of benzene rings is 1. The van der Waals surface area contributed by atoms with E-state index in [9.17, 15) is 4.79 Å². The molecule has 0 spiro atoms. The van der Waals surface area contributed by atoms with E-state index in [1.807, 2.05) is 34.9 Å². The van der Waals surface area contributed by atoms with Crippen LogP contribution in [-0.2, 0) is 20.1 Å². The van der Waals surface area contributed by atoms with Gasteiger partial charge in [-0.05, 0) is 36.1 Å². The van der Waals surface area contributed by atoms with E-state index in [4.69, 9.17) is 4.74 Å². The fourth-order valence-corrected chi connectivity index (χ4v) is 5.03. The lowest BCUT2D eigenvalue weighted by atomic mass is 10.2. The number of hydrogen-bond donors (Lipinski definition) is 0. The highest BCUT2D eigenvalue weighted by Gasteiger charge is 2.21. The van der Waals surface area contributed by atoms with Gasteiger partial charge in [-0.3, -0.25) is 23.6 Å². The zero-order valence-corrected chi connectivity index (χ0v) is 18.6. The van der Waals surface area contributed by atoms with Crippen molar-refractivity contribution in [1.29, 1.82) is 0 Å². The summed E-state index contributed by atoms with van der Waals surface area (Å²) in [5, 5.41) is 10.7. The van der Waals surface area contributed by atoms with Gasteiger partial charge in [0, 0.05) is 39.8 Å². The normalized spacial score (nSPS) is 15.8. The highest BCUT2D eigenvalue weighted by Crippen LogP contribution is 2.20. The molecule has 0 saturated carbocycles. The number of rotatable bonds is 6. The van der Waals surface area contributed by atoms with Crippen molar-refractivity contribution in [3.8, 4) is 5.75 Å². The van der Waals surface area contributed by atoms with Gasteiger partial charge in [-0.25, -0.2) is 0 Å². The monoisotopic (exact) mass is 438 g/mol. The quantitative estimate of drug-likeness (QED) is 0.460. The van der Waals surface area contributed by atoms with Crippen molar-refractivity contribution in [3.05, 3.63) is 57.5 Å². The van der Waals surface area contributed by atoms with Crippen molar-refractivity contribution in [3.63, 3.8) is 0 Å². The SMILES string of the molecule is CCOc1ccc(CN2CCN(Cc3nnc4n(C)c(=O)c5sccc5n34)CC2)cc1. The highest BCUT2D eigenvalue weighted by molar-refractivity contribution is 7.17. The molecule has 3 aromatic heterocycles. The van der Waals surface area contributed by atoms with Crippen molar-refractivity contribution in [2.45, 2.75) is 20.0 Å². The molecule has 1 aliphatic rings. The van der Waals surface area contributed by atoms with Gasteiger partial charge >= 0.3 is 0 Å². The summed E-state index contributed by atoms with van der Waals surface area (Å²) in [4.78, 5) is 17.4. The highest BCUT2D eigenvalue weighted by atomic mass is 32.1. The van der Waals surface area contributed by atoms with Crippen molar-refractivity contribution in [2.24, 2.45) is 7.05 Å². The van der Waals surface area contributed by atoms with Crippen LogP contribution in [-0.4, -0.2) is 61.8 Å². The minimum atomic E-state index is -0.0145. The lowest BCUT2D eigenvalue weighted by Crippen LogP contribution is -2.45. The van der Waals surface area contributed by atoms with Gasteiger partial charge < -0.3 is 4.74 Å². The third kappa shape index (κ3) is 3.84. The number of piperazine rings is 1. The third-order valence-electron chi connectivity index (χ3n) is 5.87. The first kappa shape index (κ1) is 20.2. The molecule has 1 aromatic carbocycles. The maximum Gasteiger partial charge on any atom is 0.272 e. The Balaban J connectivity index is 1.26. The molecule has 0 radical (unpaired) electrons. The van der Waals surface area contributed by atoms with Crippen molar-refractivity contribution in [1.82, 2.24) is 29.0 Å². The van der Waals surface area contributed by atoms with Crippen molar-refractivity contribution >= 4 is 27.3 Å². The van der Waals surface area contributed by atoms with Gasteiger partial charge in [-0.2, -0.15) is 0 Å². The minimum absolute atomic E-state index is 0.0145. The average Bonchev–Trinajstić information content (AvgIpc) is 3.42. The molecule has 0 N–H and O–H groups in total. The van der Waals surface area contributed by atoms with E-state index in [0.29, 0.717) is 12.4 Å². The predicted molar refractivity (Wildman–Crippen MR) is 122 cm³/mol. The molecule has 4 heterocycles. The molecule has 1 saturated heterocycles. The van der Waals surface area contributed by atoms with Gasteiger partial charge in [0.25, 0.3) is 5.56 Å². The van der Waals surface area contributed by atoms with Crippen LogP contribution in [0.15, 0.2) is 40.5 Å². The number of aryl methyl sites for hydroxylation is 1. The second-order valence-electron chi connectivity index (χ2n) is 7.88. The first-order valence-corrected chi connectivity index (χ1v) is 11.5. The third-order valence-corrected chi connectivity index (χ3v) is 6.76. The first-order chi connectivity index (χ1) is 15.1. The van der Waals surface area contributed by atoms with E-state index in [1.165, 1.54) is 16.9 Å². The molecule has 5 rings (SSSR count). The number of hydrogen-bond acceptors (Lipinski definition) is 7. The molecule has 1 aliphatic heterocycles. The van der Waals surface area contributed by atoms with E-state index in [-0.39, 0.29) is 5.56 Å². The summed E-state index contributed by atoms with van der Waals surface area (Å²) < 4.78 is 9.89. The Labute approximate surface area is 184 Å². The zero-order chi connectivity index (χ0) is 21.4. The van der Waals surface area contributed by atoms with Crippen LogP contribution in [0.2, 0.25) is 0 Å². The Bertz CT molecular complexity index is 1250. The fourth-order valence-electron chi connectivity index (χ4n) is 4.18. The molecule has 4 aromatic rings. The number of thiophene rings is 1. The summed E-state index contributed by atoms with van der Waals surface area (Å²) in [6.45, 7) is 8.34. The molecule has 1 fully saturated rings. The number of aromatic nitrogens is 4. The molecular formula is C22H26N6O2S. The van der Waals surface area contributed by atoms with Crippen LogP contribution in [0.4, 0.5) is 0 Å². The molecule has 162 valence electrons. The standard InChI is InChI=1S/C22H26N6O2S/c1-3-30-17-6-4-16(5-7-17)14-26-9-11-27(12-10-26)15-19-23-24-22-25(2)21(29)20-18(28(19)22)8-13-31-20/h4-8,13H,3,9-12,14-15H2,1-2H3. The Kier molecular flexibility index (Phi) is 5.47. The van der Waals surface area contributed by atoms with Crippen LogP contribution >= 0.6 is 11.3 Å². The number of fused-ring (bicyclic) bond motifs is 3. The summed E-state index contributed by atoms with van der Waals surface area (Å²) in [5.74, 6) is 2.41. The Morgan fingerprint density at radius 1 is 1.00 bits per heavy atom. The lowest BCUT2D eigenvalue weighted by molar-refractivity contribution is 0.119. The topological polar surface area (TPSA) is 67.9 Å². The van der Waals surface area contributed by atoms with Crippen LogP contribution in [0.3, 0.4) is 0 Å². The minimum Gasteiger partial charge on any atom is -0.494 e. The van der Waals surface area contributed by atoms with Crippen LogP contribution in [0.1, 0.15) is 18.3 Å². The molecule has 0 atom stereocenters. The summed E-state index contributed by atoms with van der Waals surface area (Å²) in [6, 6.07) is 10.4. The second-order valence-corrected chi connectivity index (χ2v) is 8.80. The molecule has 0 bridgehead atoms. The van der Waals surface area contributed by atoms with E-state index in [2.05, 4.69) is 32.1 Å². The summed E-state index contributed by atoms with van der Waals surface area (Å²) in [6.07, 6.45) is 0. The molecule has 31 heavy (non-hydrogen) atoms. The van der Waals surface area contributed by atoms with E-state index >= 15 is 0 Å². The van der Waals surface area contributed by atoms with Crippen LogP contribution in [0.5, 0.6) is 5.75 Å². The van der Waals surface area contributed by atoms with Gasteiger partial charge in [-0.15, -0.1) is 21.5 Å². The van der Waals surface area contributed by atoms with Crippen molar-refractivity contribution in [2.75, 3.05) is 32.8 Å². The van der Waals surface area contributed by atoms with Crippen LogP contribution in [0, 0.1) is 0 Å². The fraction of sp³-hybridized carbons (Fsp3) is 0.409. The van der Waals surface area contributed by atoms with Crippen LogP contribution < -0.4 is 10.3 Å². The Morgan fingerprint density at radius 3 is 2.42 bits per heavy atom. The number of ether oxygens (including phenoxy) is 1. The molecule has 0 amide bonds. The molecule has 8 nitrogen and oxygen atoms in total. The second kappa shape index (κ2) is 8.41. The summed E-state index contributed by atoms with van der Waals surface area (Å²) in [5.41, 5.74) is 2.19. The maximum atomic E-state index is 12.5. The molecule has 0 aliphatic carbocycles. The van der Waals surface area contributed by atoms with Crippen LogP contribution in [0.25, 0.3) is 16.0 Å². The maximum absolute atomic E-state index is 12.5. The lowest BCUT2D eigenvalue weighted by Gasteiger charge is -2.34. The first-order valence-electron chi connectivity index (χ1n) is 10.6. The van der Waals surface area contributed by atoms with Gasteiger partial charge in [0.05, 0.1) is 18.7 Å². The smallest absolute Gasteiger partial charge is 0.272 e. The summed E-state index contributed by atoms with van der Waals surface area (Å²) >= 11 is 1.47. The van der Waals surface area contributed by atoms with Gasteiger partial charge in [-0.1, -0.05) is 12.1 Å². The average molecular weight is 439 g/mol. The molecular weight excluding hydrogens is 412 g/mol. The van der Waals surface area contributed by atoms with Gasteiger partial charge in [0.15, 0.2) is 5.82 Å². The van der Waals surface area contributed by atoms with Gasteiger partial charge in [0.1, 0.15) is 10.4 Å². The molecule has 0 unspecified atom stereocenters. The Morgan fingerprint density at radius 2 is 1.71 bits per heavy atom. The Hall–Kier alpha value is -2.75. The van der Waals surface area contributed by atoms with Gasteiger partial charge in [0.2, 0.25) is 5.78 Å². The largest absolute Gasteiger partial charge is 0.494 e. The number of nitrogens with zero attached hydrogens (tertiary/aromatic N) is 6. The zero-order valence-electron chi connectivity index (χ0n) is 17.8. The van der Waals surface area contributed by atoms with Crippen molar-refractivity contribution < 1.29 is 4.74 Å². The molecule has 9 heteroatoms. The van der Waals surface area contributed by atoms with E-state index in [1.54, 1.807) is 11.6 Å². The van der Waals surface area contributed by atoms with E-state index < -0.39 is 0 Å². The summed E-state index contributed by atoms with van der Waals surface area (Å²) in [7, 11) is 1.76. The predicted octanol–water partition coefficient (Wildman–Crippen LogP) is 2.36.